The Kier molecular flexibility index (Phi) is 17.9. The first-order valence-electron chi connectivity index (χ1n) is 18.9. The van der Waals surface area contributed by atoms with E-state index in [0.29, 0.717) is 11.8 Å². The Labute approximate surface area is 326 Å². The summed E-state index contributed by atoms with van der Waals surface area (Å²) >= 11 is 0. The summed E-state index contributed by atoms with van der Waals surface area (Å²) in [6.07, 6.45) is 9.71. The van der Waals surface area contributed by atoms with Crippen molar-refractivity contribution >= 4 is 31.1 Å². The molecule has 0 saturated heterocycles. The molecule has 0 nitrogen and oxygen atoms in total. The Morgan fingerprint density at radius 3 is 1.24 bits per heavy atom. The van der Waals surface area contributed by atoms with Crippen LogP contribution in [0.3, 0.4) is 0 Å². The zero-order valence-corrected chi connectivity index (χ0v) is 35.7. The van der Waals surface area contributed by atoms with Gasteiger partial charge in [0.1, 0.15) is 0 Å². The van der Waals surface area contributed by atoms with Crippen LogP contribution in [0, 0.1) is 11.8 Å². The molecule has 0 aromatic heterocycles. The van der Waals surface area contributed by atoms with Crippen molar-refractivity contribution in [3.05, 3.63) is 131 Å². The van der Waals surface area contributed by atoms with E-state index in [0.717, 1.165) is 22.4 Å². The summed E-state index contributed by atoms with van der Waals surface area (Å²) in [5.41, 5.74) is 11.5. The molecule has 6 aromatic rings. The molecule has 260 valence electrons. The van der Waals surface area contributed by atoms with E-state index in [4.69, 9.17) is 0 Å². The van der Waals surface area contributed by atoms with Crippen molar-refractivity contribution in [2.24, 2.45) is 11.8 Å². The molecule has 2 heteroatoms. The number of benzene rings is 4. The van der Waals surface area contributed by atoms with Crippen LogP contribution in [-0.2, 0) is 51.9 Å². The van der Waals surface area contributed by atoms with Crippen molar-refractivity contribution in [1.29, 1.82) is 0 Å². The molecular formula is C48H60SiZr. The second kappa shape index (κ2) is 21.5. The number of fused-ring (bicyclic) bond motifs is 2. The summed E-state index contributed by atoms with van der Waals surface area (Å²) in [4.78, 5) is 0. The maximum absolute atomic E-state index is 2.41. The zero-order valence-electron chi connectivity index (χ0n) is 32.2. The molecule has 2 radical (unpaired) electrons. The Hall–Kier alpha value is -2.80. The topological polar surface area (TPSA) is 0 Å². The van der Waals surface area contributed by atoms with E-state index in [-0.39, 0.29) is 26.2 Å². The van der Waals surface area contributed by atoms with Crippen molar-refractivity contribution in [3.8, 4) is 22.3 Å². The van der Waals surface area contributed by atoms with Gasteiger partial charge in [-0.15, -0.1) is 69.1 Å². The second-order valence-corrected chi connectivity index (χ2v) is 15.6. The predicted octanol–water partition coefficient (Wildman–Crippen LogP) is 14.3. The molecule has 0 aliphatic heterocycles. The minimum atomic E-state index is 0. The standard InChI is InChI=1S/2C23H27.C2H6Si.Zr/c2*1-4-5-9-18-15-20-11-8-13-22(23(20)16-18)21-12-7-6-10-19(21)14-17(2)3;1-3-2;/h2*6-8,10-13,15-17H,4-5,9,14H2,1-3H3;1-2H3;/q2*-1;;+2. The van der Waals surface area contributed by atoms with Gasteiger partial charge in [-0.25, -0.2) is 0 Å². The molecule has 0 N–H and O–H groups in total. The maximum Gasteiger partial charge on any atom is 2.00 e. The normalized spacial score (nSPS) is 10.9. The average Bonchev–Trinajstić information content (AvgIpc) is 3.71. The van der Waals surface area contributed by atoms with Crippen LogP contribution in [-0.4, -0.2) is 9.52 Å². The Morgan fingerprint density at radius 1 is 0.520 bits per heavy atom. The molecule has 0 aliphatic rings. The quantitative estimate of drug-likeness (QED) is 0.0862. The van der Waals surface area contributed by atoms with Crippen LogP contribution in [0.4, 0.5) is 0 Å². The second-order valence-electron chi connectivity index (χ2n) is 14.6. The van der Waals surface area contributed by atoms with Crippen LogP contribution >= 0.6 is 0 Å². The van der Waals surface area contributed by atoms with Crippen LogP contribution in [0.2, 0.25) is 13.1 Å². The molecule has 0 atom stereocenters. The third-order valence-electron chi connectivity index (χ3n) is 9.13. The molecule has 6 rings (SSSR count). The van der Waals surface area contributed by atoms with E-state index >= 15 is 0 Å². The fourth-order valence-corrected chi connectivity index (χ4v) is 6.92. The van der Waals surface area contributed by atoms with Gasteiger partial charge < -0.3 is 0 Å². The van der Waals surface area contributed by atoms with Crippen LogP contribution in [0.1, 0.15) is 89.5 Å². The summed E-state index contributed by atoms with van der Waals surface area (Å²) in [6, 6.07) is 40.8. The van der Waals surface area contributed by atoms with Crippen LogP contribution in [0.25, 0.3) is 43.8 Å². The minimum absolute atomic E-state index is 0. The van der Waals surface area contributed by atoms with Gasteiger partial charge >= 0.3 is 26.2 Å². The van der Waals surface area contributed by atoms with Crippen molar-refractivity contribution in [2.45, 2.75) is 106 Å². The molecular weight excluding hydrogens is 696 g/mol. The van der Waals surface area contributed by atoms with Crippen molar-refractivity contribution in [2.75, 3.05) is 0 Å². The molecule has 0 amide bonds. The van der Waals surface area contributed by atoms with Crippen LogP contribution in [0.15, 0.2) is 109 Å². The summed E-state index contributed by atoms with van der Waals surface area (Å²) in [7, 11) is 1.08. The third kappa shape index (κ3) is 11.6. The SMILES string of the molecule is CCCCc1cc2c(-c3ccccc3CC(C)C)cccc2[cH-]1.CCCCc1cc2c(-c3ccccc3CC(C)C)cccc2[cH-]1.C[Si]C.[Zr+2]. The first kappa shape index (κ1) is 41.6. The van der Waals surface area contributed by atoms with Crippen molar-refractivity contribution in [3.63, 3.8) is 0 Å². The van der Waals surface area contributed by atoms with Gasteiger partial charge in [0.05, 0.1) is 0 Å². The molecule has 0 aliphatic carbocycles. The first-order valence-corrected chi connectivity index (χ1v) is 20.9. The first-order chi connectivity index (χ1) is 23.8. The number of hydrogen-bond donors (Lipinski definition) is 0. The summed E-state index contributed by atoms with van der Waals surface area (Å²) in [5.74, 6) is 1.35. The van der Waals surface area contributed by atoms with Gasteiger partial charge in [-0.2, -0.15) is 12.1 Å². The van der Waals surface area contributed by atoms with E-state index in [1.807, 2.05) is 0 Å². The average molecular weight is 756 g/mol. The molecule has 50 heavy (non-hydrogen) atoms. The Balaban J connectivity index is 0.000000246. The van der Waals surface area contributed by atoms with E-state index in [1.54, 1.807) is 0 Å². The van der Waals surface area contributed by atoms with Gasteiger partial charge in [0.2, 0.25) is 0 Å². The van der Waals surface area contributed by atoms with Gasteiger partial charge in [0.15, 0.2) is 0 Å². The smallest absolute Gasteiger partial charge is 0.164 e. The molecule has 0 unspecified atom stereocenters. The largest absolute Gasteiger partial charge is 2.00 e. The van der Waals surface area contributed by atoms with Gasteiger partial charge in [0, 0.05) is 9.52 Å². The van der Waals surface area contributed by atoms with E-state index in [9.17, 15) is 0 Å². The predicted molar refractivity (Wildman–Crippen MR) is 222 cm³/mol. The minimum Gasteiger partial charge on any atom is -0.164 e. The molecule has 0 heterocycles. The third-order valence-corrected chi connectivity index (χ3v) is 9.13. The van der Waals surface area contributed by atoms with Crippen molar-refractivity contribution in [1.82, 2.24) is 0 Å². The fourth-order valence-electron chi connectivity index (χ4n) is 6.92. The summed E-state index contributed by atoms with van der Waals surface area (Å²) in [6.45, 7) is 18.0. The number of hydrogen-bond acceptors (Lipinski definition) is 0. The zero-order chi connectivity index (χ0) is 35.2. The van der Waals surface area contributed by atoms with Crippen LogP contribution in [0.5, 0.6) is 0 Å². The van der Waals surface area contributed by atoms with Crippen LogP contribution < -0.4 is 0 Å². The molecule has 0 spiro atoms. The summed E-state index contributed by atoms with van der Waals surface area (Å²) < 4.78 is 0. The van der Waals surface area contributed by atoms with Gasteiger partial charge in [-0.05, 0) is 59.8 Å². The number of aryl methyl sites for hydroxylation is 2. The molecule has 0 bridgehead atoms. The Morgan fingerprint density at radius 2 is 0.880 bits per heavy atom. The Bertz CT molecular complexity index is 1710. The van der Waals surface area contributed by atoms with E-state index in [1.165, 1.54) is 105 Å². The fraction of sp³-hybridized carbons (Fsp3) is 0.375. The number of unbranched alkanes of at least 4 members (excludes halogenated alkanes) is 2. The molecule has 6 aromatic carbocycles. The van der Waals surface area contributed by atoms with Gasteiger partial charge in [0.25, 0.3) is 0 Å². The number of rotatable bonds is 12. The van der Waals surface area contributed by atoms with Gasteiger partial charge in [-0.3, -0.25) is 0 Å². The molecule has 0 fully saturated rings. The summed E-state index contributed by atoms with van der Waals surface area (Å²) in [5, 5.41) is 5.59. The van der Waals surface area contributed by atoms with Crippen molar-refractivity contribution < 1.29 is 26.2 Å². The van der Waals surface area contributed by atoms with Gasteiger partial charge in [-0.1, -0.05) is 152 Å². The van der Waals surface area contributed by atoms with E-state index < -0.39 is 0 Å². The molecule has 0 saturated carbocycles. The maximum atomic E-state index is 2.41. The van der Waals surface area contributed by atoms with E-state index in [2.05, 4.69) is 164 Å². The monoisotopic (exact) mass is 754 g/mol.